The van der Waals surface area contributed by atoms with E-state index in [1.54, 1.807) is 68.8 Å². The molecule has 584 valence electrons. The molecule has 1 saturated heterocycles. The molecule has 0 unspecified atom stereocenters. The smallest absolute Gasteiger partial charge is 0.305 e. The van der Waals surface area contributed by atoms with Gasteiger partial charge in [-0.25, -0.2) is 9.37 Å². The zero-order chi connectivity index (χ0) is 79.7. The maximum Gasteiger partial charge on any atom is 0.305 e. The molecule has 108 heavy (non-hydrogen) atoms. The number of halogens is 2. The number of nitrogens with one attached hydrogen (secondary N) is 10. The van der Waals surface area contributed by atoms with Gasteiger partial charge in [0, 0.05) is 55.6 Å². The maximum absolute atomic E-state index is 15.5. The number of carboxylic acid groups (broad SMARTS) is 2. The number of primary amides is 1. The van der Waals surface area contributed by atoms with Gasteiger partial charge in [0.25, 0.3) is 0 Å². The van der Waals surface area contributed by atoms with Gasteiger partial charge in [-0.1, -0.05) is 67.1 Å². The van der Waals surface area contributed by atoms with Crippen LogP contribution in [-0.2, 0) is 88.0 Å². The van der Waals surface area contributed by atoms with Crippen LogP contribution in [0.2, 0.25) is 5.02 Å². The number of aliphatic hydroxyl groups is 3. The van der Waals surface area contributed by atoms with E-state index in [1.165, 1.54) is 36.4 Å². The number of methoxy groups -OCH3 is 1. The molecule has 4 aromatic carbocycles. The Bertz CT molecular complexity index is 4060. The third-order valence-electron chi connectivity index (χ3n) is 18.1. The second kappa shape index (κ2) is 40.0. The number of nitrogens with two attached hydrogens (primary N) is 1. The first-order chi connectivity index (χ1) is 51.1. The number of hydrogen-bond donors (Lipinski definition) is 16. The Morgan fingerprint density at radius 1 is 0.741 bits per heavy atom. The Balaban J connectivity index is 1.16. The predicted octanol–water partition coefficient (Wildman–Crippen LogP) is -0.0198. The minimum Gasteiger partial charge on any atom is -0.497 e. The number of nitrogens with zero attached hydrogens (tertiary/aromatic N) is 2. The Kier molecular flexibility index (Phi) is 31.8. The van der Waals surface area contributed by atoms with Crippen molar-refractivity contribution in [1.82, 2.24) is 62.7 Å². The molecule has 1 fully saturated rings. The summed E-state index contributed by atoms with van der Waals surface area (Å²) in [6.45, 7) is 6.10. The van der Waals surface area contributed by atoms with Crippen LogP contribution in [0.1, 0.15) is 108 Å². The number of benzene rings is 4. The van der Waals surface area contributed by atoms with Crippen LogP contribution in [0.15, 0.2) is 97.5 Å². The van der Waals surface area contributed by atoms with E-state index in [-0.39, 0.29) is 56.7 Å². The molecular formula is C73H93ClFN13O20. The van der Waals surface area contributed by atoms with Crippen LogP contribution < -0.4 is 63.1 Å². The minimum absolute atomic E-state index is 0.0113. The molecule has 1 aliphatic rings. The van der Waals surface area contributed by atoms with Gasteiger partial charge in [-0.05, 0) is 137 Å². The number of amides is 11. The number of aromatic nitrogens is 2. The zero-order valence-corrected chi connectivity index (χ0v) is 61.4. The largest absolute Gasteiger partial charge is 0.497 e. The molecular weight excluding hydrogens is 1430 g/mol. The number of imidazole rings is 1. The lowest BCUT2D eigenvalue weighted by Gasteiger charge is -2.35. The van der Waals surface area contributed by atoms with Crippen molar-refractivity contribution in [3.63, 3.8) is 0 Å². The van der Waals surface area contributed by atoms with Crippen LogP contribution >= 0.6 is 11.6 Å². The lowest BCUT2D eigenvalue weighted by molar-refractivity contribution is -0.145. The highest BCUT2D eigenvalue weighted by atomic mass is 35.5. The molecule has 11 atom stereocenters. The molecule has 1 aliphatic heterocycles. The molecule has 0 spiro atoms. The highest BCUT2D eigenvalue weighted by molar-refractivity contribution is 6.30. The van der Waals surface area contributed by atoms with Gasteiger partial charge in [0.15, 0.2) is 0 Å². The van der Waals surface area contributed by atoms with Crippen LogP contribution in [0.25, 0.3) is 11.1 Å². The molecule has 33 nitrogen and oxygen atoms in total. The SMILES string of the molecule is CCc1cc(OC)ccc1-c1ccc(C[C@H](NC(=O)[C@H](CC(=O)O)NC(=O)[C@H](CO)NC(=O)[C@@H](NC(=O)[C@](C)(Cc2ccccc2F)NC(=O)[C@@H](NC(=O)CNC(=O)[C@H](CCC(=O)O)NC(=O)[C@]2(C)CCCN2C(=O)CCc2cnc[nH]2)[C@@H](C)O)[C@@H](C)O)C(=O)N[C@@H](CCOc2ccc(Cl)cc2C)C(N)=O)cc1. The number of aryl methyl sites for hydroxylation is 3. The maximum atomic E-state index is 15.5. The quantitative estimate of drug-likeness (QED) is 0.0244. The van der Waals surface area contributed by atoms with Crippen molar-refractivity contribution in [2.24, 2.45) is 5.73 Å². The van der Waals surface area contributed by atoms with Crippen molar-refractivity contribution in [2.75, 3.05) is 33.4 Å². The lowest BCUT2D eigenvalue weighted by atomic mass is 9.90. The van der Waals surface area contributed by atoms with Crippen LogP contribution in [0, 0.1) is 12.7 Å². The van der Waals surface area contributed by atoms with E-state index in [9.17, 15) is 87.9 Å². The van der Waals surface area contributed by atoms with Crippen molar-refractivity contribution in [3.8, 4) is 22.6 Å². The van der Waals surface area contributed by atoms with Gasteiger partial charge in [0.05, 0.1) is 51.8 Å². The number of carboxylic acids is 2. The number of aromatic amines is 1. The summed E-state index contributed by atoms with van der Waals surface area (Å²) >= 11 is 6.09. The minimum atomic E-state index is -2.42. The van der Waals surface area contributed by atoms with Crippen LogP contribution in [0.4, 0.5) is 4.39 Å². The number of rotatable bonds is 41. The number of hydrogen-bond acceptors (Lipinski definition) is 19. The number of aliphatic hydroxyl groups excluding tert-OH is 3. The van der Waals surface area contributed by atoms with Gasteiger partial charge in [-0.3, -0.25) is 62.3 Å². The topological polar surface area (TPSA) is 508 Å². The molecule has 11 amide bonds. The molecule has 5 aromatic rings. The van der Waals surface area contributed by atoms with Gasteiger partial charge >= 0.3 is 11.9 Å². The molecule has 0 bridgehead atoms. The third kappa shape index (κ3) is 24.5. The molecule has 2 heterocycles. The monoisotopic (exact) mass is 1530 g/mol. The first kappa shape index (κ1) is 85.8. The summed E-state index contributed by atoms with van der Waals surface area (Å²) in [5.74, 6) is -15.0. The Labute approximate surface area is 626 Å². The van der Waals surface area contributed by atoms with Crippen molar-refractivity contribution in [2.45, 2.75) is 178 Å². The number of H-pyrrole nitrogens is 1. The fourth-order valence-electron chi connectivity index (χ4n) is 12.0. The van der Waals surface area contributed by atoms with Gasteiger partial charge in [-0.15, -0.1) is 0 Å². The molecule has 17 N–H and O–H groups in total. The fraction of sp³-hybridized carbons (Fsp3) is 0.452. The zero-order valence-electron chi connectivity index (χ0n) is 60.6. The van der Waals surface area contributed by atoms with E-state index in [0.29, 0.717) is 46.2 Å². The van der Waals surface area contributed by atoms with Gasteiger partial charge < -0.3 is 98.5 Å². The first-order valence-electron chi connectivity index (χ1n) is 34.7. The normalized spacial score (nSPS) is 16.3. The summed E-state index contributed by atoms with van der Waals surface area (Å²) in [5, 5.41) is 73.4. The Morgan fingerprint density at radius 3 is 2.00 bits per heavy atom. The number of likely N-dealkylation sites (tertiary alicyclic amines) is 1. The molecule has 1 aromatic heterocycles. The van der Waals surface area contributed by atoms with Crippen LogP contribution in [0.3, 0.4) is 0 Å². The summed E-state index contributed by atoms with van der Waals surface area (Å²) in [5.41, 5.74) is 6.03. The second-order valence-corrected chi connectivity index (χ2v) is 26.9. The summed E-state index contributed by atoms with van der Waals surface area (Å²) in [7, 11) is 1.54. The lowest BCUT2D eigenvalue weighted by Crippen LogP contribution is -2.67. The molecule has 6 rings (SSSR count). The predicted molar refractivity (Wildman–Crippen MR) is 386 cm³/mol. The van der Waals surface area contributed by atoms with E-state index in [4.69, 9.17) is 26.8 Å². The number of ether oxygens (including phenoxy) is 2. The summed E-state index contributed by atoms with van der Waals surface area (Å²) < 4.78 is 26.7. The van der Waals surface area contributed by atoms with Crippen molar-refractivity contribution >= 4 is 88.5 Å². The number of carbonyl (C=O) groups excluding carboxylic acids is 11. The highest BCUT2D eigenvalue weighted by Gasteiger charge is 2.47. The summed E-state index contributed by atoms with van der Waals surface area (Å²) in [6, 6.07) is 9.21. The molecule has 35 heteroatoms. The Morgan fingerprint density at radius 2 is 1.39 bits per heavy atom. The molecule has 0 saturated carbocycles. The van der Waals surface area contributed by atoms with Gasteiger partial charge in [0.2, 0.25) is 65.0 Å². The first-order valence-corrected chi connectivity index (χ1v) is 35.1. The number of aliphatic carboxylic acids is 2. The molecule has 0 radical (unpaired) electrons. The van der Waals surface area contributed by atoms with Crippen molar-refractivity contribution in [3.05, 3.63) is 136 Å². The van der Waals surface area contributed by atoms with Crippen molar-refractivity contribution in [1.29, 1.82) is 0 Å². The standard InChI is InChI=1S/C73H93ClFN13O20/c1-8-43-32-48(107-7)20-21-49(43)44-16-14-42(15-17-44)31-53(65(100)80-51(63(76)98)26-29-108-56-23-18-46(74)30-39(56)2)81-66(101)54(33-60(96)97)82-67(102)55(37-89)83-68(103)61(40(3)90)86-70(105)72(5,34-45-12-9-10-13-50(45)75)87-69(104)62(41(4)91)85-57(92)36-78-64(99)52(22-25-59(94)95)84-71(106)73(6)27-11-28-88(73)58(93)24-19-47-35-77-38-79-47/h9-10,12-18,20-21,23,30,32,35,38,40-41,51-55,61-62,89-91H,8,11,19,22,24-29,31,33-34,36-37H2,1-7H3,(H2,76,98)(H,77,79)(H,78,99)(H,80,100)(H,81,101)(H,82,102)(H,83,103)(H,84,106)(H,85,92)(H,86,105)(H,87,104)(H,94,95)(H,96,97)/t40-,41-,51+,52+,53+,54+,55+,61+,62+,72+,73+/m1/s1. The fourth-order valence-corrected chi connectivity index (χ4v) is 12.2. The summed E-state index contributed by atoms with van der Waals surface area (Å²) in [6.07, 6.45) is -2.69. The van der Waals surface area contributed by atoms with E-state index in [0.717, 1.165) is 43.5 Å². The number of carbonyl (C=O) groups is 13. The van der Waals surface area contributed by atoms with E-state index >= 15 is 4.39 Å². The van der Waals surface area contributed by atoms with Gasteiger partial charge in [-0.2, -0.15) is 0 Å². The van der Waals surface area contributed by atoms with Crippen LogP contribution in [-0.4, -0.2) is 216 Å². The van der Waals surface area contributed by atoms with Gasteiger partial charge in [0.1, 0.15) is 70.7 Å². The highest BCUT2D eigenvalue weighted by Crippen LogP contribution is 2.32. The van der Waals surface area contributed by atoms with E-state index in [1.807, 2.05) is 19.1 Å². The van der Waals surface area contributed by atoms with Crippen molar-refractivity contribution < 1.29 is 102 Å². The average Bonchev–Trinajstić information content (AvgIpc) is 1.40. The van der Waals surface area contributed by atoms with Crippen LogP contribution in [0.5, 0.6) is 11.5 Å². The Hall–Kier alpha value is -11.1. The van der Waals surface area contributed by atoms with E-state index < -0.39 is 181 Å². The average molecular weight is 1530 g/mol. The second-order valence-electron chi connectivity index (χ2n) is 26.5. The van der Waals surface area contributed by atoms with E-state index in [2.05, 4.69) is 57.8 Å². The molecule has 0 aliphatic carbocycles. The summed E-state index contributed by atoms with van der Waals surface area (Å²) in [4.78, 5) is 186. The third-order valence-corrected chi connectivity index (χ3v) is 18.4.